The van der Waals surface area contributed by atoms with E-state index < -0.39 is 5.91 Å². The van der Waals surface area contributed by atoms with Gasteiger partial charge in [0.2, 0.25) is 0 Å². The number of hydrogen-bond acceptors (Lipinski definition) is 3. The molecule has 0 aliphatic carbocycles. The summed E-state index contributed by atoms with van der Waals surface area (Å²) in [5.41, 5.74) is 4.72. The molecule has 0 bridgehead atoms. The molecule has 0 spiro atoms. The highest BCUT2D eigenvalue weighted by Gasteiger charge is 2.09. The summed E-state index contributed by atoms with van der Waals surface area (Å²) in [5.74, 6) is -0.720. The van der Waals surface area contributed by atoms with E-state index in [2.05, 4.69) is 5.32 Å². The van der Waals surface area contributed by atoms with Gasteiger partial charge in [-0.1, -0.05) is 42.0 Å². The first-order valence-electron chi connectivity index (χ1n) is 7.89. The molecule has 0 unspecified atom stereocenters. The Kier molecular flexibility index (Phi) is 4.77. The molecule has 0 radical (unpaired) electrons. The van der Waals surface area contributed by atoms with Crippen LogP contribution in [0.5, 0.6) is 0 Å². The maximum atomic E-state index is 12.4. The van der Waals surface area contributed by atoms with Gasteiger partial charge < -0.3 is 5.32 Å². The molecule has 0 atom stereocenters. The first-order chi connectivity index (χ1) is 12.1. The minimum Gasteiger partial charge on any atom is -0.348 e. The lowest BCUT2D eigenvalue weighted by Gasteiger charge is -2.08. The topological polar surface area (TPSA) is 78.4 Å². The van der Waals surface area contributed by atoms with Gasteiger partial charge in [-0.25, -0.2) is 5.48 Å². The number of fused-ring (bicyclic) bond motifs is 1. The van der Waals surface area contributed by atoms with Crippen LogP contribution >= 0.6 is 0 Å². The fourth-order valence-corrected chi connectivity index (χ4v) is 2.70. The number of aryl methyl sites for hydroxylation is 1. The third kappa shape index (κ3) is 3.84. The second-order valence-electron chi connectivity index (χ2n) is 5.89. The molecule has 0 heterocycles. The molecule has 0 saturated heterocycles. The number of benzene rings is 3. The van der Waals surface area contributed by atoms with E-state index in [1.807, 2.05) is 31.2 Å². The van der Waals surface area contributed by atoms with Crippen molar-refractivity contribution in [1.82, 2.24) is 10.8 Å². The van der Waals surface area contributed by atoms with E-state index in [-0.39, 0.29) is 5.91 Å². The van der Waals surface area contributed by atoms with Crippen LogP contribution in [-0.4, -0.2) is 17.0 Å². The first kappa shape index (κ1) is 16.7. The highest BCUT2D eigenvalue weighted by molar-refractivity contribution is 6.01. The van der Waals surface area contributed by atoms with Gasteiger partial charge in [0.1, 0.15) is 0 Å². The van der Waals surface area contributed by atoms with Crippen LogP contribution in [-0.2, 0) is 6.54 Å². The quantitative estimate of drug-likeness (QED) is 0.506. The third-order valence-corrected chi connectivity index (χ3v) is 4.00. The molecule has 3 aromatic rings. The Morgan fingerprint density at radius 1 is 0.880 bits per heavy atom. The molecule has 0 aromatic heterocycles. The molecule has 0 aliphatic rings. The zero-order valence-electron chi connectivity index (χ0n) is 13.7. The summed E-state index contributed by atoms with van der Waals surface area (Å²) in [6, 6.07) is 18.3. The van der Waals surface area contributed by atoms with Crippen molar-refractivity contribution in [1.29, 1.82) is 0 Å². The molecule has 0 saturated carbocycles. The zero-order valence-corrected chi connectivity index (χ0v) is 13.7. The average Bonchev–Trinajstić information content (AvgIpc) is 2.64. The van der Waals surface area contributed by atoms with Crippen LogP contribution < -0.4 is 10.8 Å². The second kappa shape index (κ2) is 7.15. The standard InChI is InChI=1S/C20H18N2O3/c1-13-3-2-4-14(9-13)12-21-19(23)17-7-5-16-11-18(20(24)22-25)8-6-15(16)10-17/h2-11,25H,12H2,1H3,(H,21,23)(H,22,24). The maximum absolute atomic E-state index is 12.4. The van der Waals surface area contributed by atoms with E-state index in [4.69, 9.17) is 5.21 Å². The van der Waals surface area contributed by atoms with Gasteiger partial charge in [-0.15, -0.1) is 0 Å². The van der Waals surface area contributed by atoms with Crippen LogP contribution in [0.25, 0.3) is 10.8 Å². The molecule has 25 heavy (non-hydrogen) atoms. The predicted octanol–water partition coefficient (Wildman–Crippen LogP) is 3.20. The summed E-state index contributed by atoms with van der Waals surface area (Å²) >= 11 is 0. The Hall–Kier alpha value is -3.18. The monoisotopic (exact) mass is 334 g/mol. The van der Waals surface area contributed by atoms with E-state index >= 15 is 0 Å². The van der Waals surface area contributed by atoms with Crippen molar-refractivity contribution < 1.29 is 14.8 Å². The molecule has 3 rings (SSSR count). The van der Waals surface area contributed by atoms with E-state index in [0.717, 1.165) is 21.9 Å². The van der Waals surface area contributed by atoms with Gasteiger partial charge in [-0.05, 0) is 47.5 Å². The number of hydroxylamine groups is 1. The number of carbonyl (C=O) groups excluding carboxylic acids is 2. The lowest BCUT2D eigenvalue weighted by atomic mass is 10.0. The molecule has 3 N–H and O–H groups in total. The third-order valence-electron chi connectivity index (χ3n) is 4.00. The van der Waals surface area contributed by atoms with Crippen molar-refractivity contribution in [2.24, 2.45) is 0 Å². The summed E-state index contributed by atoms with van der Waals surface area (Å²) in [4.78, 5) is 23.8. The van der Waals surface area contributed by atoms with Crippen molar-refractivity contribution in [2.45, 2.75) is 13.5 Å². The second-order valence-corrected chi connectivity index (χ2v) is 5.89. The summed E-state index contributed by atoms with van der Waals surface area (Å²) in [7, 11) is 0. The largest absolute Gasteiger partial charge is 0.348 e. The predicted molar refractivity (Wildman–Crippen MR) is 95.5 cm³/mol. The number of carbonyl (C=O) groups is 2. The molecule has 5 heteroatoms. The van der Waals surface area contributed by atoms with E-state index in [9.17, 15) is 9.59 Å². The van der Waals surface area contributed by atoms with Gasteiger partial charge in [0.05, 0.1) is 0 Å². The highest BCUT2D eigenvalue weighted by Crippen LogP contribution is 2.18. The van der Waals surface area contributed by atoms with Crippen LogP contribution in [0.1, 0.15) is 31.8 Å². The van der Waals surface area contributed by atoms with Gasteiger partial charge in [0.15, 0.2) is 0 Å². The molecule has 3 aromatic carbocycles. The van der Waals surface area contributed by atoms with Crippen molar-refractivity contribution in [3.05, 3.63) is 82.9 Å². The molecule has 0 fully saturated rings. The van der Waals surface area contributed by atoms with E-state index in [1.165, 1.54) is 0 Å². The molecule has 126 valence electrons. The van der Waals surface area contributed by atoms with Crippen molar-refractivity contribution in [3.63, 3.8) is 0 Å². The summed E-state index contributed by atoms with van der Waals surface area (Å²) < 4.78 is 0. The van der Waals surface area contributed by atoms with Crippen LogP contribution in [0.4, 0.5) is 0 Å². The van der Waals surface area contributed by atoms with Gasteiger partial charge >= 0.3 is 0 Å². The van der Waals surface area contributed by atoms with E-state index in [0.29, 0.717) is 17.7 Å². The number of nitrogens with one attached hydrogen (secondary N) is 2. The Bertz CT molecular complexity index is 951. The van der Waals surface area contributed by atoms with Gasteiger partial charge in [-0.3, -0.25) is 14.8 Å². The Morgan fingerprint density at radius 2 is 1.52 bits per heavy atom. The van der Waals surface area contributed by atoms with Crippen LogP contribution in [0, 0.1) is 6.92 Å². The lowest BCUT2D eigenvalue weighted by molar-refractivity contribution is 0.0706. The summed E-state index contributed by atoms with van der Waals surface area (Å²) in [6.07, 6.45) is 0. The first-order valence-corrected chi connectivity index (χ1v) is 7.89. The van der Waals surface area contributed by atoms with Crippen LogP contribution in [0.3, 0.4) is 0 Å². The van der Waals surface area contributed by atoms with Gasteiger partial charge in [-0.2, -0.15) is 0 Å². The number of hydrogen-bond donors (Lipinski definition) is 3. The lowest BCUT2D eigenvalue weighted by Crippen LogP contribution is -2.22. The zero-order chi connectivity index (χ0) is 17.8. The Balaban J connectivity index is 1.76. The summed E-state index contributed by atoms with van der Waals surface area (Å²) in [6.45, 7) is 2.48. The summed E-state index contributed by atoms with van der Waals surface area (Å²) in [5, 5.41) is 13.3. The molecule has 2 amide bonds. The normalized spacial score (nSPS) is 10.5. The van der Waals surface area contributed by atoms with Crippen molar-refractivity contribution in [3.8, 4) is 0 Å². The maximum Gasteiger partial charge on any atom is 0.274 e. The minimum absolute atomic E-state index is 0.152. The van der Waals surface area contributed by atoms with Gasteiger partial charge in [0, 0.05) is 17.7 Å². The fraction of sp³-hybridized carbons (Fsp3) is 0.100. The SMILES string of the molecule is Cc1cccc(CNC(=O)c2ccc3cc(C(=O)NO)ccc3c2)c1. The fourth-order valence-electron chi connectivity index (χ4n) is 2.70. The van der Waals surface area contributed by atoms with Crippen LogP contribution in [0.15, 0.2) is 60.7 Å². The van der Waals surface area contributed by atoms with Crippen molar-refractivity contribution in [2.75, 3.05) is 0 Å². The molecular weight excluding hydrogens is 316 g/mol. The Labute approximate surface area is 145 Å². The minimum atomic E-state index is -0.568. The Morgan fingerprint density at radius 3 is 2.12 bits per heavy atom. The molecular formula is C20H18N2O3. The highest BCUT2D eigenvalue weighted by atomic mass is 16.5. The van der Waals surface area contributed by atoms with Crippen molar-refractivity contribution >= 4 is 22.6 Å². The number of amides is 2. The number of rotatable bonds is 4. The van der Waals surface area contributed by atoms with Gasteiger partial charge in [0.25, 0.3) is 11.8 Å². The average molecular weight is 334 g/mol. The molecule has 0 aliphatic heterocycles. The van der Waals surface area contributed by atoms with Crippen LogP contribution in [0.2, 0.25) is 0 Å². The smallest absolute Gasteiger partial charge is 0.274 e. The van der Waals surface area contributed by atoms with E-state index in [1.54, 1.807) is 41.9 Å². The molecule has 5 nitrogen and oxygen atoms in total.